The van der Waals surface area contributed by atoms with Crippen molar-refractivity contribution in [2.45, 2.75) is 6.54 Å². The summed E-state index contributed by atoms with van der Waals surface area (Å²) in [6, 6.07) is 17.5. The van der Waals surface area contributed by atoms with E-state index in [1.807, 2.05) is 23.1 Å². The van der Waals surface area contributed by atoms with Gasteiger partial charge in [-0.15, -0.1) is 15.0 Å². The third-order valence-electron chi connectivity index (χ3n) is 5.02. The predicted molar refractivity (Wildman–Crippen MR) is 109 cm³/mol. The number of carboxylic acid groups (broad SMARTS) is 1. The lowest BCUT2D eigenvalue weighted by Gasteiger charge is -2.34. The summed E-state index contributed by atoms with van der Waals surface area (Å²) in [5, 5.41) is 18.3. The van der Waals surface area contributed by atoms with Crippen LogP contribution in [0, 0.1) is 0 Å². The fraction of sp³-hybridized carbons (Fsp3) is 0.286. The molecule has 1 saturated heterocycles. The number of nitrogens with zero attached hydrogens (tertiary/aromatic N) is 5. The minimum atomic E-state index is -1.08. The van der Waals surface area contributed by atoms with E-state index in [4.69, 9.17) is 4.74 Å². The zero-order valence-electron chi connectivity index (χ0n) is 16.2. The lowest BCUT2D eigenvalue weighted by Crippen LogP contribution is -2.46. The van der Waals surface area contributed by atoms with Crippen LogP contribution in [0.2, 0.25) is 0 Å². The maximum atomic E-state index is 11.7. The topological polar surface area (TPSA) is 83.7 Å². The van der Waals surface area contributed by atoms with Crippen molar-refractivity contribution in [3.8, 4) is 11.4 Å². The molecule has 3 aromatic rings. The van der Waals surface area contributed by atoms with E-state index in [0.29, 0.717) is 30.3 Å². The first-order valence-electron chi connectivity index (χ1n) is 9.50. The second-order valence-corrected chi connectivity index (χ2v) is 6.91. The van der Waals surface area contributed by atoms with Gasteiger partial charge in [0.25, 0.3) is 0 Å². The van der Waals surface area contributed by atoms with Crippen LogP contribution < -0.4 is 9.64 Å². The number of ether oxygens (including phenoxy) is 1. The van der Waals surface area contributed by atoms with E-state index in [1.54, 1.807) is 31.4 Å². The smallest absolute Gasteiger partial charge is 0.360 e. The van der Waals surface area contributed by atoms with Gasteiger partial charge >= 0.3 is 5.97 Å². The number of anilines is 1. The lowest BCUT2D eigenvalue weighted by molar-refractivity contribution is 0.0690. The molecule has 0 aliphatic carbocycles. The zero-order valence-corrected chi connectivity index (χ0v) is 16.2. The highest BCUT2D eigenvalue weighted by Crippen LogP contribution is 2.21. The first-order chi connectivity index (χ1) is 14.1. The largest absolute Gasteiger partial charge is 0.497 e. The van der Waals surface area contributed by atoms with Crippen LogP contribution in [0.15, 0.2) is 54.6 Å². The zero-order chi connectivity index (χ0) is 20.2. The van der Waals surface area contributed by atoms with E-state index in [2.05, 4.69) is 27.2 Å². The number of piperazine rings is 1. The molecule has 0 spiro atoms. The number of aromatic carboxylic acids is 1. The summed E-state index contributed by atoms with van der Waals surface area (Å²) in [6.45, 7) is 3.97. The molecule has 1 N–H and O–H groups in total. The average molecular weight is 393 g/mol. The van der Waals surface area contributed by atoms with Crippen LogP contribution in [0.3, 0.4) is 0 Å². The summed E-state index contributed by atoms with van der Waals surface area (Å²) < 4.78 is 5.16. The Morgan fingerprint density at radius 1 is 1.00 bits per heavy atom. The van der Waals surface area contributed by atoms with Crippen LogP contribution in [0.1, 0.15) is 16.1 Å². The van der Waals surface area contributed by atoms with Crippen LogP contribution in [0.4, 0.5) is 5.82 Å². The molecule has 0 bridgehead atoms. The van der Waals surface area contributed by atoms with Gasteiger partial charge < -0.3 is 14.7 Å². The lowest BCUT2D eigenvalue weighted by atomic mass is 10.2. The molecule has 29 heavy (non-hydrogen) atoms. The molecule has 1 aliphatic rings. The molecule has 8 nitrogen and oxygen atoms in total. The number of rotatable bonds is 6. The Morgan fingerprint density at radius 3 is 2.31 bits per heavy atom. The first kappa shape index (κ1) is 18.9. The number of benzene rings is 2. The molecule has 150 valence electrons. The molecule has 2 heterocycles. The van der Waals surface area contributed by atoms with E-state index in [-0.39, 0.29) is 5.69 Å². The van der Waals surface area contributed by atoms with Crippen LogP contribution in [0.5, 0.6) is 5.75 Å². The third-order valence-corrected chi connectivity index (χ3v) is 5.02. The normalized spacial score (nSPS) is 14.7. The molecule has 0 radical (unpaired) electrons. The Morgan fingerprint density at radius 2 is 1.69 bits per heavy atom. The van der Waals surface area contributed by atoms with Crippen molar-refractivity contribution in [3.05, 3.63) is 65.9 Å². The summed E-state index contributed by atoms with van der Waals surface area (Å²) in [5.41, 5.74) is 1.93. The van der Waals surface area contributed by atoms with Gasteiger partial charge in [-0.25, -0.2) is 4.79 Å². The van der Waals surface area contributed by atoms with Crippen LogP contribution in [0.25, 0.3) is 5.69 Å². The molecule has 0 saturated carbocycles. The van der Waals surface area contributed by atoms with E-state index in [0.717, 1.165) is 19.6 Å². The summed E-state index contributed by atoms with van der Waals surface area (Å²) in [7, 11) is 1.60. The molecule has 2 aromatic carbocycles. The predicted octanol–water partition coefficient (Wildman–Crippen LogP) is 2.30. The number of methoxy groups -OCH3 is 1. The average Bonchev–Trinajstić information content (AvgIpc) is 3.21. The third kappa shape index (κ3) is 4.22. The summed E-state index contributed by atoms with van der Waals surface area (Å²) >= 11 is 0. The fourth-order valence-corrected chi connectivity index (χ4v) is 3.44. The molecule has 0 unspecified atom stereocenters. The Kier molecular flexibility index (Phi) is 5.44. The van der Waals surface area contributed by atoms with E-state index >= 15 is 0 Å². The second kappa shape index (κ2) is 8.32. The van der Waals surface area contributed by atoms with Crippen molar-refractivity contribution in [1.82, 2.24) is 19.9 Å². The molecule has 4 rings (SSSR count). The Hall–Kier alpha value is -3.39. The molecule has 1 aromatic heterocycles. The van der Waals surface area contributed by atoms with E-state index in [1.165, 1.54) is 10.4 Å². The van der Waals surface area contributed by atoms with Gasteiger partial charge in [0.15, 0.2) is 5.82 Å². The van der Waals surface area contributed by atoms with Crippen LogP contribution in [-0.2, 0) is 6.54 Å². The molecule has 1 aliphatic heterocycles. The van der Waals surface area contributed by atoms with Crippen molar-refractivity contribution < 1.29 is 14.6 Å². The Labute approximate surface area is 168 Å². The molecular weight excluding hydrogens is 370 g/mol. The van der Waals surface area contributed by atoms with Crippen molar-refractivity contribution in [1.29, 1.82) is 0 Å². The van der Waals surface area contributed by atoms with Gasteiger partial charge in [0, 0.05) is 32.7 Å². The van der Waals surface area contributed by atoms with Crippen molar-refractivity contribution in [2.24, 2.45) is 0 Å². The molecule has 0 amide bonds. The highest BCUT2D eigenvalue weighted by Gasteiger charge is 2.26. The maximum absolute atomic E-state index is 11.7. The first-order valence-corrected chi connectivity index (χ1v) is 9.50. The number of hydrogen-bond acceptors (Lipinski definition) is 6. The van der Waals surface area contributed by atoms with Crippen LogP contribution >= 0.6 is 0 Å². The maximum Gasteiger partial charge on any atom is 0.360 e. The summed E-state index contributed by atoms with van der Waals surface area (Å²) in [6.07, 6.45) is 0. The highest BCUT2D eigenvalue weighted by molar-refractivity contribution is 5.91. The molecular formula is C21H23N5O3. The SMILES string of the molecule is COc1ccc(-n2nc(C(=O)O)c(N3CCN(Cc4ccccc4)CC3)n2)cc1. The van der Waals surface area contributed by atoms with Gasteiger partial charge in [-0.3, -0.25) is 4.90 Å². The number of carboxylic acids is 1. The minimum absolute atomic E-state index is 0.0303. The number of hydrogen-bond donors (Lipinski definition) is 1. The van der Waals surface area contributed by atoms with Crippen molar-refractivity contribution >= 4 is 11.8 Å². The van der Waals surface area contributed by atoms with Gasteiger partial charge in [0.1, 0.15) is 5.75 Å². The number of aromatic nitrogens is 3. The Balaban J connectivity index is 1.49. The van der Waals surface area contributed by atoms with E-state index in [9.17, 15) is 9.90 Å². The van der Waals surface area contributed by atoms with Crippen LogP contribution in [-0.4, -0.2) is 64.3 Å². The monoisotopic (exact) mass is 393 g/mol. The molecule has 0 atom stereocenters. The second-order valence-electron chi connectivity index (χ2n) is 6.91. The van der Waals surface area contributed by atoms with Crippen molar-refractivity contribution in [2.75, 3.05) is 38.2 Å². The Bertz CT molecular complexity index is 964. The molecule has 1 fully saturated rings. The summed E-state index contributed by atoms with van der Waals surface area (Å²) in [4.78, 5) is 17.5. The quantitative estimate of drug-likeness (QED) is 0.688. The minimum Gasteiger partial charge on any atom is -0.497 e. The number of carbonyl (C=O) groups is 1. The van der Waals surface area contributed by atoms with E-state index < -0.39 is 5.97 Å². The van der Waals surface area contributed by atoms with Gasteiger partial charge in [-0.1, -0.05) is 30.3 Å². The molecule has 8 heteroatoms. The standard InChI is InChI=1S/C21H23N5O3/c1-29-18-9-7-17(8-10-18)26-22-19(21(27)28)20(23-26)25-13-11-24(12-14-25)15-16-5-3-2-4-6-16/h2-10H,11-15H2,1H3,(H,27,28). The van der Waals surface area contributed by atoms with Gasteiger partial charge in [0.05, 0.1) is 12.8 Å². The van der Waals surface area contributed by atoms with Gasteiger partial charge in [-0.05, 0) is 29.8 Å². The van der Waals surface area contributed by atoms with Crippen molar-refractivity contribution in [3.63, 3.8) is 0 Å². The van der Waals surface area contributed by atoms with Gasteiger partial charge in [-0.2, -0.15) is 0 Å². The van der Waals surface area contributed by atoms with Gasteiger partial charge in [0.2, 0.25) is 5.69 Å². The summed E-state index contributed by atoms with van der Waals surface area (Å²) in [5.74, 6) is 0.0493. The highest BCUT2D eigenvalue weighted by atomic mass is 16.5. The fourth-order valence-electron chi connectivity index (χ4n) is 3.44.